The van der Waals surface area contributed by atoms with E-state index in [1.807, 2.05) is 11.3 Å². The first-order valence-corrected chi connectivity index (χ1v) is 7.03. The molecule has 0 aromatic carbocycles. The van der Waals surface area contributed by atoms with Crippen molar-refractivity contribution >= 4 is 11.3 Å². The van der Waals surface area contributed by atoms with Crippen molar-refractivity contribution in [1.82, 2.24) is 4.90 Å². The Morgan fingerprint density at radius 3 is 2.65 bits per heavy atom. The lowest BCUT2D eigenvalue weighted by atomic mass is 9.97. The first kappa shape index (κ1) is 14.2. The van der Waals surface area contributed by atoms with Gasteiger partial charge in [0.25, 0.3) is 0 Å². The first-order chi connectivity index (χ1) is 8.04. The number of likely N-dealkylation sites (N-methyl/N-ethyl adjacent to an activating group) is 1. The van der Waals surface area contributed by atoms with E-state index in [1.165, 1.54) is 10.4 Å². The summed E-state index contributed by atoms with van der Waals surface area (Å²) in [6, 6.07) is 4.57. The molecule has 1 aromatic heterocycles. The molecule has 17 heavy (non-hydrogen) atoms. The van der Waals surface area contributed by atoms with Crippen LogP contribution >= 0.6 is 11.3 Å². The highest BCUT2D eigenvalue weighted by molar-refractivity contribution is 7.10. The minimum Gasteiger partial charge on any atom is -0.305 e. The summed E-state index contributed by atoms with van der Waals surface area (Å²) in [7, 11) is 2.11. The van der Waals surface area contributed by atoms with Gasteiger partial charge >= 0.3 is 0 Å². The molecular formula is C14H22N2S. The first-order valence-electron chi connectivity index (χ1n) is 6.15. The Morgan fingerprint density at radius 1 is 1.47 bits per heavy atom. The van der Waals surface area contributed by atoms with Gasteiger partial charge in [-0.1, -0.05) is 13.8 Å². The van der Waals surface area contributed by atoms with E-state index in [-0.39, 0.29) is 5.92 Å². The van der Waals surface area contributed by atoms with Crippen LogP contribution in [0.5, 0.6) is 0 Å². The molecule has 0 amide bonds. The van der Waals surface area contributed by atoms with Crippen LogP contribution in [0.25, 0.3) is 0 Å². The zero-order chi connectivity index (χ0) is 12.8. The minimum atomic E-state index is 0.143. The van der Waals surface area contributed by atoms with Crippen molar-refractivity contribution in [2.24, 2.45) is 11.8 Å². The molecule has 0 aliphatic heterocycles. The van der Waals surface area contributed by atoms with Gasteiger partial charge in [-0.15, -0.1) is 11.3 Å². The third kappa shape index (κ3) is 4.49. The molecule has 0 aliphatic carbocycles. The molecule has 2 nitrogen and oxygen atoms in total. The molecule has 0 saturated heterocycles. The van der Waals surface area contributed by atoms with Crippen molar-refractivity contribution in [3.05, 3.63) is 21.9 Å². The maximum absolute atomic E-state index is 9.07. The summed E-state index contributed by atoms with van der Waals surface area (Å²) in [5.74, 6) is 0.579. The van der Waals surface area contributed by atoms with Crippen LogP contribution < -0.4 is 0 Å². The normalized spacial score (nSPS) is 13.0. The Hall–Kier alpha value is -0.850. The van der Waals surface area contributed by atoms with Gasteiger partial charge in [-0.2, -0.15) is 5.26 Å². The number of hydrogen-bond donors (Lipinski definition) is 0. The van der Waals surface area contributed by atoms with Crippen molar-refractivity contribution in [3.8, 4) is 6.07 Å². The lowest BCUT2D eigenvalue weighted by Gasteiger charge is -2.21. The topological polar surface area (TPSA) is 27.0 Å². The highest BCUT2D eigenvalue weighted by Gasteiger charge is 2.14. The van der Waals surface area contributed by atoms with Crippen LogP contribution in [0.2, 0.25) is 0 Å². The van der Waals surface area contributed by atoms with Crippen molar-refractivity contribution in [2.45, 2.75) is 27.2 Å². The van der Waals surface area contributed by atoms with E-state index in [4.69, 9.17) is 5.26 Å². The van der Waals surface area contributed by atoms with E-state index < -0.39 is 0 Å². The second-order valence-electron chi connectivity index (χ2n) is 5.02. The second kappa shape index (κ2) is 6.78. The number of hydrogen-bond acceptors (Lipinski definition) is 3. The van der Waals surface area contributed by atoms with Gasteiger partial charge in [0, 0.05) is 18.0 Å². The van der Waals surface area contributed by atoms with Crippen LogP contribution in [0.3, 0.4) is 0 Å². The molecule has 1 unspecified atom stereocenters. The molecule has 0 aliphatic rings. The molecule has 0 spiro atoms. The van der Waals surface area contributed by atoms with E-state index in [1.54, 1.807) is 0 Å². The van der Waals surface area contributed by atoms with E-state index in [0.29, 0.717) is 5.92 Å². The van der Waals surface area contributed by atoms with Crippen LogP contribution in [0, 0.1) is 30.1 Å². The summed E-state index contributed by atoms with van der Waals surface area (Å²) in [5.41, 5.74) is 1.39. The lowest BCUT2D eigenvalue weighted by Crippen LogP contribution is -2.29. The van der Waals surface area contributed by atoms with Gasteiger partial charge in [0.05, 0.1) is 12.0 Å². The number of thiophene rings is 1. The third-order valence-corrected chi connectivity index (χ3v) is 4.25. The zero-order valence-corrected chi connectivity index (χ0v) is 12.0. The Kier molecular flexibility index (Phi) is 5.67. The number of aryl methyl sites for hydroxylation is 1. The molecule has 1 heterocycles. The van der Waals surface area contributed by atoms with Crippen molar-refractivity contribution in [3.63, 3.8) is 0 Å². The van der Waals surface area contributed by atoms with Crippen molar-refractivity contribution < 1.29 is 0 Å². The van der Waals surface area contributed by atoms with Crippen LogP contribution in [0.4, 0.5) is 0 Å². The fraction of sp³-hybridized carbons (Fsp3) is 0.643. The fourth-order valence-corrected chi connectivity index (χ4v) is 2.68. The summed E-state index contributed by atoms with van der Waals surface area (Å²) in [6.07, 6.45) is 1.09. The summed E-state index contributed by atoms with van der Waals surface area (Å²) < 4.78 is 0. The monoisotopic (exact) mass is 250 g/mol. The molecule has 0 N–H and O–H groups in total. The predicted octanol–water partition coefficient (Wildman–Crippen LogP) is 3.33. The van der Waals surface area contributed by atoms with Crippen LogP contribution in [-0.4, -0.2) is 25.0 Å². The lowest BCUT2D eigenvalue weighted by molar-refractivity contribution is 0.275. The zero-order valence-electron chi connectivity index (χ0n) is 11.2. The van der Waals surface area contributed by atoms with Crippen LogP contribution in [0.15, 0.2) is 11.4 Å². The highest BCUT2D eigenvalue weighted by Crippen LogP contribution is 2.17. The summed E-state index contributed by atoms with van der Waals surface area (Å²) in [5, 5.41) is 11.2. The second-order valence-corrected chi connectivity index (χ2v) is 6.02. The van der Waals surface area contributed by atoms with E-state index in [9.17, 15) is 0 Å². The minimum absolute atomic E-state index is 0.143. The Balaban J connectivity index is 2.38. The highest BCUT2D eigenvalue weighted by atomic mass is 32.1. The van der Waals surface area contributed by atoms with Crippen LogP contribution in [-0.2, 0) is 6.42 Å². The van der Waals surface area contributed by atoms with E-state index in [2.05, 4.69) is 50.2 Å². The number of nitriles is 1. The van der Waals surface area contributed by atoms with E-state index >= 15 is 0 Å². The quantitative estimate of drug-likeness (QED) is 0.774. The molecule has 3 heteroatoms. The Bertz CT molecular complexity index is 376. The Labute approximate surface area is 109 Å². The van der Waals surface area contributed by atoms with Gasteiger partial charge in [-0.3, -0.25) is 0 Å². The van der Waals surface area contributed by atoms with Crippen molar-refractivity contribution in [2.75, 3.05) is 20.1 Å². The summed E-state index contributed by atoms with van der Waals surface area (Å²) in [6.45, 7) is 8.30. The maximum atomic E-state index is 9.07. The molecule has 1 aromatic rings. The van der Waals surface area contributed by atoms with Gasteiger partial charge in [0.15, 0.2) is 0 Å². The fourth-order valence-electron chi connectivity index (χ4n) is 1.78. The average molecular weight is 250 g/mol. The molecule has 0 radical (unpaired) electrons. The number of rotatable bonds is 6. The standard InChI is InChI=1S/C14H22N2S/c1-11(2)13(9-15)10-16(4)7-5-14-12(3)6-8-17-14/h6,8,11,13H,5,7,10H2,1-4H3. The number of nitrogens with zero attached hydrogens (tertiary/aromatic N) is 2. The summed E-state index contributed by atoms with van der Waals surface area (Å²) in [4.78, 5) is 3.74. The van der Waals surface area contributed by atoms with Gasteiger partial charge in [0.2, 0.25) is 0 Å². The predicted molar refractivity (Wildman–Crippen MR) is 74.2 cm³/mol. The third-order valence-electron chi connectivity index (χ3n) is 3.17. The molecule has 0 saturated carbocycles. The molecular weight excluding hydrogens is 228 g/mol. The van der Waals surface area contributed by atoms with E-state index in [0.717, 1.165) is 19.5 Å². The van der Waals surface area contributed by atoms with Gasteiger partial charge in [0.1, 0.15) is 0 Å². The van der Waals surface area contributed by atoms with Crippen molar-refractivity contribution in [1.29, 1.82) is 5.26 Å². The average Bonchev–Trinajstić information content (AvgIpc) is 2.68. The van der Waals surface area contributed by atoms with Crippen LogP contribution in [0.1, 0.15) is 24.3 Å². The summed E-state index contributed by atoms with van der Waals surface area (Å²) >= 11 is 1.83. The molecule has 0 fully saturated rings. The van der Waals surface area contributed by atoms with Gasteiger partial charge in [-0.25, -0.2) is 0 Å². The molecule has 1 rings (SSSR count). The molecule has 1 atom stereocenters. The largest absolute Gasteiger partial charge is 0.305 e. The molecule has 0 bridgehead atoms. The SMILES string of the molecule is Cc1ccsc1CCN(C)CC(C#N)C(C)C. The Morgan fingerprint density at radius 2 is 2.18 bits per heavy atom. The smallest absolute Gasteiger partial charge is 0.0671 e. The van der Waals surface area contributed by atoms with Gasteiger partial charge < -0.3 is 4.90 Å². The maximum Gasteiger partial charge on any atom is 0.0671 e. The molecule has 94 valence electrons. The van der Waals surface area contributed by atoms with Gasteiger partial charge in [-0.05, 0) is 43.3 Å².